The molecule has 2 aromatic rings. The highest BCUT2D eigenvalue weighted by molar-refractivity contribution is 7.11. The molecule has 0 saturated heterocycles. The summed E-state index contributed by atoms with van der Waals surface area (Å²) in [7, 11) is 0. The summed E-state index contributed by atoms with van der Waals surface area (Å²) in [6.45, 7) is 0. The molecule has 0 bridgehead atoms. The van der Waals surface area contributed by atoms with E-state index in [0.29, 0.717) is 12.1 Å². The van der Waals surface area contributed by atoms with Crippen LogP contribution in [0.1, 0.15) is 12.8 Å². The van der Waals surface area contributed by atoms with E-state index in [-0.39, 0.29) is 0 Å². The first-order valence-corrected chi connectivity index (χ1v) is 5.97. The third-order valence-corrected chi connectivity index (χ3v) is 3.70. The summed E-state index contributed by atoms with van der Waals surface area (Å²) in [6, 6.07) is 9.16. The largest absolute Gasteiger partial charge is 0.372 e. The van der Waals surface area contributed by atoms with E-state index >= 15 is 0 Å². The van der Waals surface area contributed by atoms with Gasteiger partial charge < -0.3 is 11.1 Å². The second-order valence-electron chi connectivity index (χ2n) is 4.10. The maximum absolute atomic E-state index is 5.76. The number of nitrogens with one attached hydrogen (secondary N) is 1. The Morgan fingerprint density at radius 2 is 2.13 bits per heavy atom. The molecule has 1 aromatic carbocycles. The molecule has 1 aromatic heterocycles. The predicted octanol–water partition coefficient (Wildman–Crippen LogP) is 2.20. The topological polar surface area (TPSA) is 50.9 Å². The number of hydrogen-bond acceptors (Lipinski definition) is 4. The van der Waals surface area contributed by atoms with E-state index in [0.717, 1.165) is 18.4 Å². The van der Waals surface area contributed by atoms with E-state index in [1.807, 2.05) is 12.1 Å². The maximum atomic E-state index is 5.76. The highest BCUT2D eigenvalue weighted by Crippen LogP contribution is 2.31. The molecule has 0 spiro atoms. The van der Waals surface area contributed by atoms with E-state index in [1.54, 1.807) is 0 Å². The van der Waals surface area contributed by atoms with Gasteiger partial charge in [-0.3, -0.25) is 0 Å². The fourth-order valence-corrected chi connectivity index (χ4v) is 2.80. The van der Waals surface area contributed by atoms with Crippen LogP contribution < -0.4 is 11.1 Å². The van der Waals surface area contributed by atoms with Crippen molar-refractivity contribution in [1.82, 2.24) is 4.37 Å². The van der Waals surface area contributed by atoms with Gasteiger partial charge in [0.15, 0.2) is 0 Å². The van der Waals surface area contributed by atoms with Crippen LogP contribution in [0.4, 0.5) is 5.00 Å². The third-order valence-electron chi connectivity index (χ3n) is 2.89. The quantitative estimate of drug-likeness (QED) is 0.814. The molecule has 0 aliphatic heterocycles. The standard InChI is InChI=1S/C11H13N3S/c12-7-5-8(6-7)13-11-9-3-1-2-4-10(9)14-15-11/h1-4,7-8,13H,5-6,12H2. The normalized spacial score (nSPS) is 25.1. The monoisotopic (exact) mass is 219 g/mol. The van der Waals surface area contributed by atoms with Crippen molar-refractivity contribution in [1.29, 1.82) is 0 Å². The average molecular weight is 219 g/mol. The van der Waals surface area contributed by atoms with Gasteiger partial charge in [0.1, 0.15) is 5.00 Å². The molecule has 1 heterocycles. The molecule has 0 unspecified atom stereocenters. The zero-order valence-electron chi connectivity index (χ0n) is 8.31. The summed E-state index contributed by atoms with van der Waals surface area (Å²) in [5.41, 5.74) is 6.84. The number of nitrogens with two attached hydrogens (primary N) is 1. The number of benzene rings is 1. The Bertz CT molecular complexity index is 473. The van der Waals surface area contributed by atoms with Crippen molar-refractivity contribution in [2.24, 2.45) is 5.73 Å². The number of rotatable bonds is 2. The van der Waals surface area contributed by atoms with E-state index in [9.17, 15) is 0 Å². The first kappa shape index (κ1) is 9.12. The Labute approximate surface area is 92.5 Å². The molecule has 0 atom stereocenters. The molecule has 1 aliphatic carbocycles. The summed E-state index contributed by atoms with van der Waals surface area (Å²) in [6.07, 6.45) is 2.15. The molecular weight excluding hydrogens is 206 g/mol. The van der Waals surface area contributed by atoms with Gasteiger partial charge in [0, 0.05) is 17.5 Å². The summed E-state index contributed by atoms with van der Waals surface area (Å²) < 4.78 is 4.40. The fourth-order valence-electron chi connectivity index (χ4n) is 1.96. The Hall–Kier alpha value is -1.13. The molecule has 3 nitrogen and oxygen atoms in total. The minimum Gasteiger partial charge on any atom is -0.372 e. The summed E-state index contributed by atoms with van der Waals surface area (Å²) >= 11 is 1.54. The second-order valence-corrected chi connectivity index (χ2v) is 4.87. The number of anilines is 1. The summed E-state index contributed by atoms with van der Waals surface area (Å²) in [5, 5.41) is 5.92. The lowest BCUT2D eigenvalue weighted by atomic mass is 9.88. The Balaban J connectivity index is 1.85. The van der Waals surface area contributed by atoms with Crippen LogP contribution in [0.5, 0.6) is 0 Å². The van der Waals surface area contributed by atoms with Crippen molar-refractivity contribution in [3.05, 3.63) is 24.3 Å². The molecule has 15 heavy (non-hydrogen) atoms. The van der Waals surface area contributed by atoms with Gasteiger partial charge in [-0.05, 0) is 36.5 Å². The van der Waals surface area contributed by atoms with Crippen molar-refractivity contribution in [3.63, 3.8) is 0 Å². The second kappa shape index (κ2) is 3.47. The lowest BCUT2D eigenvalue weighted by Gasteiger charge is -2.33. The van der Waals surface area contributed by atoms with Crippen molar-refractivity contribution in [2.45, 2.75) is 24.9 Å². The molecule has 1 fully saturated rings. The van der Waals surface area contributed by atoms with Crippen LogP contribution in [0, 0.1) is 0 Å². The van der Waals surface area contributed by atoms with Crippen molar-refractivity contribution < 1.29 is 0 Å². The molecule has 3 rings (SSSR count). The molecule has 4 heteroatoms. The van der Waals surface area contributed by atoms with Gasteiger partial charge >= 0.3 is 0 Å². The van der Waals surface area contributed by atoms with Gasteiger partial charge in [0.2, 0.25) is 0 Å². The maximum Gasteiger partial charge on any atom is 0.117 e. The van der Waals surface area contributed by atoms with Crippen LogP contribution in [0.3, 0.4) is 0 Å². The average Bonchev–Trinajstić information content (AvgIpc) is 2.60. The molecule has 0 radical (unpaired) electrons. The van der Waals surface area contributed by atoms with E-state index in [4.69, 9.17) is 5.73 Å². The van der Waals surface area contributed by atoms with Gasteiger partial charge in [-0.1, -0.05) is 12.1 Å². The van der Waals surface area contributed by atoms with Gasteiger partial charge in [-0.15, -0.1) is 0 Å². The number of aromatic nitrogens is 1. The molecule has 0 amide bonds. The van der Waals surface area contributed by atoms with Gasteiger partial charge in [0.25, 0.3) is 0 Å². The van der Waals surface area contributed by atoms with E-state index in [1.165, 1.54) is 21.9 Å². The first-order chi connectivity index (χ1) is 7.33. The van der Waals surface area contributed by atoms with Crippen LogP contribution in [0.25, 0.3) is 10.9 Å². The van der Waals surface area contributed by atoms with Gasteiger partial charge in [-0.25, -0.2) is 0 Å². The van der Waals surface area contributed by atoms with Crippen LogP contribution in [-0.4, -0.2) is 16.5 Å². The van der Waals surface area contributed by atoms with Crippen LogP contribution in [0.15, 0.2) is 24.3 Å². The lowest BCUT2D eigenvalue weighted by molar-refractivity contribution is 0.374. The molecule has 78 valence electrons. The minimum absolute atomic E-state index is 0.390. The molecule has 1 aliphatic rings. The SMILES string of the molecule is NC1CC(Nc2snc3ccccc23)C1. The number of hydrogen-bond donors (Lipinski definition) is 2. The van der Waals surface area contributed by atoms with Crippen molar-refractivity contribution >= 4 is 27.4 Å². The minimum atomic E-state index is 0.390. The molecule has 3 N–H and O–H groups in total. The predicted molar refractivity (Wildman–Crippen MR) is 64.2 cm³/mol. The highest BCUT2D eigenvalue weighted by atomic mass is 32.1. The van der Waals surface area contributed by atoms with E-state index < -0.39 is 0 Å². The number of fused-ring (bicyclic) bond motifs is 1. The van der Waals surface area contributed by atoms with E-state index in [2.05, 4.69) is 21.8 Å². The zero-order valence-corrected chi connectivity index (χ0v) is 9.13. The Morgan fingerprint density at radius 3 is 2.93 bits per heavy atom. The third kappa shape index (κ3) is 1.60. The van der Waals surface area contributed by atoms with Crippen LogP contribution >= 0.6 is 11.5 Å². The highest BCUT2D eigenvalue weighted by Gasteiger charge is 2.26. The fraction of sp³-hybridized carbons (Fsp3) is 0.364. The van der Waals surface area contributed by atoms with Crippen LogP contribution in [0.2, 0.25) is 0 Å². The smallest absolute Gasteiger partial charge is 0.117 e. The van der Waals surface area contributed by atoms with Gasteiger partial charge in [-0.2, -0.15) is 4.37 Å². The summed E-state index contributed by atoms with van der Waals surface area (Å²) in [4.78, 5) is 0. The van der Waals surface area contributed by atoms with Gasteiger partial charge in [0.05, 0.1) is 5.52 Å². The summed E-state index contributed by atoms with van der Waals surface area (Å²) in [5.74, 6) is 0. The van der Waals surface area contributed by atoms with Crippen LogP contribution in [-0.2, 0) is 0 Å². The Kier molecular flexibility index (Phi) is 2.11. The molecule has 1 saturated carbocycles. The Morgan fingerprint density at radius 1 is 1.33 bits per heavy atom. The number of nitrogens with zero attached hydrogens (tertiary/aromatic N) is 1. The zero-order chi connectivity index (χ0) is 10.3. The van der Waals surface area contributed by atoms with Crippen molar-refractivity contribution in [3.8, 4) is 0 Å². The molecular formula is C11H13N3S. The van der Waals surface area contributed by atoms with Crippen molar-refractivity contribution in [2.75, 3.05) is 5.32 Å². The first-order valence-electron chi connectivity index (χ1n) is 5.19. The lowest BCUT2D eigenvalue weighted by Crippen LogP contribution is -2.44.